The molecule has 1 aromatic carbocycles. The lowest BCUT2D eigenvalue weighted by molar-refractivity contribution is -0.142. The Hall–Kier alpha value is -2.23. The van der Waals surface area contributed by atoms with Crippen molar-refractivity contribution in [2.45, 2.75) is 26.7 Å². The monoisotopic (exact) mass is 286 g/mol. The number of allylic oxidation sites excluding steroid dienone is 2. The maximum Gasteiger partial charge on any atom is 0.307 e. The van der Waals surface area contributed by atoms with Crippen LogP contribution < -0.4 is 0 Å². The summed E-state index contributed by atoms with van der Waals surface area (Å²) < 4.78 is 4.68. The number of Topliss-reactive ketones (excluding diaryl/α,β-unsaturated/α-hetero) is 2. The van der Waals surface area contributed by atoms with Crippen LogP contribution in [0.25, 0.3) is 0 Å². The highest BCUT2D eigenvalue weighted by Gasteiger charge is 2.53. The fraction of sp³-hybridized carbons (Fsp3) is 0.353. The molecule has 4 nitrogen and oxygen atoms in total. The Labute approximate surface area is 123 Å². The molecule has 0 spiro atoms. The van der Waals surface area contributed by atoms with Gasteiger partial charge in [-0.3, -0.25) is 14.4 Å². The molecule has 0 aromatic heterocycles. The van der Waals surface area contributed by atoms with Gasteiger partial charge in [0.2, 0.25) is 0 Å². The molecule has 0 N–H and O–H groups in total. The van der Waals surface area contributed by atoms with Crippen LogP contribution in [0.3, 0.4) is 0 Å². The summed E-state index contributed by atoms with van der Waals surface area (Å²) in [6, 6.07) is 6.71. The van der Waals surface area contributed by atoms with Gasteiger partial charge in [0.05, 0.1) is 13.5 Å². The summed E-state index contributed by atoms with van der Waals surface area (Å²) in [5.41, 5.74) is 0.437. The third kappa shape index (κ3) is 2.53. The predicted octanol–water partition coefficient (Wildman–Crippen LogP) is 2.97. The van der Waals surface area contributed by atoms with E-state index in [9.17, 15) is 14.4 Å². The van der Waals surface area contributed by atoms with E-state index in [1.165, 1.54) is 7.11 Å². The first kappa shape index (κ1) is 15.2. The summed E-state index contributed by atoms with van der Waals surface area (Å²) in [5, 5.41) is 0. The van der Waals surface area contributed by atoms with Gasteiger partial charge in [-0.2, -0.15) is 0 Å². The van der Waals surface area contributed by atoms with Gasteiger partial charge in [-0.25, -0.2) is 0 Å². The average Bonchev–Trinajstić information content (AvgIpc) is 2.68. The lowest BCUT2D eigenvalue weighted by Crippen LogP contribution is -2.36. The van der Waals surface area contributed by atoms with E-state index in [1.807, 2.05) is 19.9 Å². The second-order valence-electron chi connectivity index (χ2n) is 5.52. The normalized spacial score (nSPS) is 15.6. The fourth-order valence-corrected chi connectivity index (χ4v) is 2.61. The van der Waals surface area contributed by atoms with Crippen LogP contribution in [0.5, 0.6) is 0 Å². The van der Waals surface area contributed by atoms with Crippen molar-refractivity contribution in [2.24, 2.45) is 5.41 Å². The Morgan fingerprint density at radius 3 is 2.10 bits per heavy atom. The Bertz CT molecular complexity index is 601. The molecule has 21 heavy (non-hydrogen) atoms. The smallest absolute Gasteiger partial charge is 0.307 e. The van der Waals surface area contributed by atoms with Gasteiger partial charge in [0, 0.05) is 11.1 Å². The van der Waals surface area contributed by atoms with Crippen molar-refractivity contribution in [2.75, 3.05) is 7.11 Å². The molecule has 1 aromatic rings. The number of hydrogen-bond donors (Lipinski definition) is 0. The molecule has 0 fully saturated rings. The minimum Gasteiger partial charge on any atom is -0.469 e. The molecule has 110 valence electrons. The van der Waals surface area contributed by atoms with Crippen molar-refractivity contribution < 1.29 is 19.1 Å². The summed E-state index contributed by atoms with van der Waals surface area (Å²) >= 11 is 0. The number of esters is 1. The number of ether oxygens (including phenoxy) is 1. The lowest BCUT2D eigenvalue weighted by Gasteiger charge is -2.23. The van der Waals surface area contributed by atoms with Gasteiger partial charge in [-0.05, 0) is 20.3 Å². The molecule has 2 rings (SSSR count). The number of fused-ring (bicyclic) bond motifs is 1. The molecule has 0 aliphatic heterocycles. The quantitative estimate of drug-likeness (QED) is 0.485. The Kier molecular flexibility index (Phi) is 4.07. The Morgan fingerprint density at radius 2 is 1.67 bits per heavy atom. The van der Waals surface area contributed by atoms with E-state index in [0.717, 1.165) is 5.57 Å². The lowest BCUT2D eigenvalue weighted by atomic mass is 9.76. The van der Waals surface area contributed by atoms with Gasteiger partial charge >= 0.3 is 5.97 Å². The first-order valence-electron chi connectivity index (χ1n) is 6.81. The zero-order chi connectivity index (χ0) is 15.6. The molecule has 0 radical (unpaired) electrons. The number of rotatable bonds is 4. The third-order valence-electron chi connectivity index (χ3n) is 3.82. The van der Waals surface area contributed by atoms with E-state index < -0.39 is 11.4 Å². The van der Waals surface area contributed by atoms with Crippen LogP contribution in [-0.4, -0.2) is 24.6 Å². The second-order valence-corrected chi connectivity index (χ2v) is 5.52. The molecular weight excluding hydrogens is 268 g/mol. The van der Waals surface area contributed by atoms with Gasteiger partial charge in [0.1, 0.15) is 5.41 Å². The van der Waals surface area contributed by atoms with Gasteiger partial charge in [0.25, 0.3) is 0 Å². The van der Waals surface area contributed by atoms with Gasteiger partial charge < -0.3 is 4.74 Å². The fourth-order valence-electron chi connectivity index (χ4n) is 2.61. The van der Waals surface area contributed by atoms with Crippen LogP contribution in [0.2, 0.25) is 0 Å². The number of ketones is 2. The first-order valence-corrected chi connectivity index (χ1v) is 6.81. The zero-order valence-corrected chi connectivity index (χ0v) is 12.4. The van der Waals surface area contributed by atoms with E-state index in [-0.39, 0.29) is 24.4 Å². The van der Waals surface area contributed by atoms with Gasteiger partial charge in [-0.15, -0.1) is 0 Å². The minimum atomic E-state index is -1.35. The standard InChI is InChI=1S/C17H18O4/c1-11(2)8-9-17(10-14(18)21-3)15(19)12-6-4-5-7-13(12)16(17)20/h4-8H,9-10H2,1-3H3. The molecule has 0 amide bonds. The number of methoxy groups -OCH3 is 1. The second kappa shape index (κ2) is 5.64. The van der Waals surface area contributed by atoms with Crippen molar-refractivity contribution in [1.29, 1.82) is 0 Å². The van der Waals surface area contributed by atoms with Crippen molar-refractivity contribution >= 4 is 17.5 Å². The summed E-state index contributed by atoms with van der Waals surface area (Å²) in [6.45, 7) is 3.78. The maximum atomic E-state index is 12.7. The highest BCUT2D eigenvalue weighted by molar-refractivity contribution is 6.30. The van der Waals surface area contributed by atoms with Gasteiger partial charge in [0.15, 0.2) is 11.6 Å². The van der Waals surface area contributed by atoms with Gasteiger partial charge in [-0.1, -0.05) is 35.9 Å². The summed E-state index contributed by atoms with van der Waals surface area (Å²) in [6.07, 6.45) is 1.82. The van der Waals surface area contributed by atoms with Crippen LogP contribution >= 0.6 is 0 Å². The topological polar surface area (TPSA) is 60.4 Å². The van der Waals surface area contributed by atoms with Crippen LogP contribution in [0.1, 0.15) is 47.4 Å². The molecule has 0 bridgehead atoms. The molecule has 0 saturated heterocycles. The molecule has 0 saturated carbocycles. The summed E-state index contributed by atoms with van der Waals surface area (Å²) in [4.78, 5) is 37.2. The molecule has 1 aliphatic carbocycles. The van der Waals surface area contributed by atoms with Crippen LogP contribution in [0, 0.1) is 5.41 Å². The molecule has 1 aliphatic rings. The van der Waals surface area contributed by atoms with E-state index >= 15 is 0 Å². The molecule has 4 heteroatoms. The van der Waals surface area contributed by atoms with Crippen molar-refractivity contribution in [1.82, 2.24) is 0 Å². The highest BCUT2D eigenvalue weighted by atomic mass is 16.5. The number of carbonyl (C=O) groups is 3. The van der Waals surface area contributed by atoms with Crippen molar-refractivity contribution in [3.63, 3.8) is 0 Å². The predicted molar refractivity (Wildman–Crippen MR) is 78.2 cm³/mol. The van der Waals surface area contributed by atoms with Crippen molar-refractivity contribution in [3.05, 3.63) is 47.0 Å². The number of benzene rings is 1. The third-order valence-corrected chi connectivity index (χ3v) is 3.82. The number of hydrogen-bond acceptors (Lipinski definition) is 4. The van der Waals surface area contributed by atoms with Crippen molar-refractivity contribution in [3.8, 4) is 0 Å². The summed E-state index contributed by atoms with van der Waals surface area (Å²) in [5.74, 6) is -1.12. The summed E-state index contributed by atoms with van der Waals surface area (Å²) in [7, 11) is 1.26. The average molecular weight is 286 g/mol. The van der Waals surface area contributed by atoms with E-state index in [2.05, 4.69) is 4.74 Å². The number of carbonyl (C=O) groups excluding carboxylic acids is 3. The van der Waals surface area contributed by atoms with E-state index in [0.29, 0.717) is 11.1 Å². The SMILES string of the molecule is COC(=O)CC1(CC=C(C)C)C(=O)c2ccccc2C1=O. The highest BCUT2D eigenvalue weighted by Crippen LogP contribution is 2.43. The van der Waals surface area contributed by atoms with Crippen LogP contribution in [-0.2, 0) is 9.53 Å². The molecule has 0 unspecified atom stereocenters. The minimum absolute atomic E-state index is 0.219. The van der Waals surface area contributed by atoms with Crippen LogP contribution in [0.15, 0.2) is 35.9 Å². The Morgan fingerprint density at radius 1 is 1.14 bits per heavy atom. The van der Waals surface area contributed by atoms with E-state index in [1.54, 1.807) is 24.3 Å². The molecular formula is C17H18O4. The van der Waals surface area contributed by atoms with Crippen LogP contribution in [0.4, 0.5) is 0 Å². The molecule has 0 heterocycles. The zero-order valence-electron chi connectivity index (χ0n) is 12.4. The maximum absolute atomic E-state index is 12.7. The largest absolute Gasteiger partial charge is 0.469 e. The molecule has 0 atom stereocenters. The van der Waals surface area contributed by atoms with E-state index in [4.69, 9.17) is 0 Å². The Balaban J connectivity index is 2.51. The first-order chi connectivity index (χ1) is 9.92.